The minimum absolute atomic E-state index is 0.0505. The van der Waals surface area contributed by atoms with Crippen LogP contribution in [0.4, 0.5) is 15.8 Å². The summed E-state index contributed by atoms with van der Waals surface area (Å²) in [6, 6.07) is 16.4. The van der Waals surface area contributed by atoms with E-state index in [0.29, 0.717) is 28.4 Å². The molecule has 0 aliphatic heterocycles. The quantitative estimate of drug-likeness (QED) is 0.423. The Morgan fingerprint density at radius 1 is 1.03 bits per heavy atom. The van der Waals surface area contributed by atoms with Crippen LogP contribution in [0.25, 0.3) is 11.5 Å². The molecule has 0 atom stereocenters. The van der Waals surface area contributed by atoms with Crippen LogP contribution in [0.2, 0.25) is 0 Å². The Balaban J connectivity index is 1.40. The van der Waals surface area contributed by atoms with Gasteiger partial charge in [-0.15, -0.1) is 10.2 Å². The average Bonchev–Trinajstić information content (AvgIpc) is 3.32. The van der Waals surface area contributed by atoms with E-state index in [1.807, 2.05) is 19.1 Å². The number of nitrogens with one attached hydrogen (secondary N) is 2. The molecule has 0 unspecified atom stereocenters. The van der Waals surface area contributed by atoms with Crippen LogP contribution in [0.1, 0.15) is 11.1 Å². The Morgan fingerprint density at radius 2 is 1.76 bits per heavy atom. The SMILES string of the molecule is Cc1ccc(-c2nnco2)cc1NC(=O)Cc1ccc(NS(=O)(=O)c2ccc(F)cc2)cc1. The second-order valence-corrected chi connectivity index (χ2v) is 8.94. The summed E-state index contributed by atoms with van der Waals surface area (Å²) in [6.07, 6.45) is 1.33. The van der Waals surface area contributed by atoms with Gasteiger partial charge in [0.05, 0.1) is 11.3 Å². The standard InChI is InChI=1S/C23H19FN4O4S/c1-15-2-5-17(23-27-25-14-32-23)13-21(15)26-22(29)12-16-3-8-19(9-4-16)28-33(30,31)20-10-6-18(24)7-11-20/h2-11,13-14,28H,12H2,1H3,(H,26,29). The Labute approximate surface area is 189 Å². The Morgan fingerprint density at radius 3 is 2.42 bits per heavy atom. The van der Waals surface area contributed by atoms with Gasteiger partial charge in [-0.05, 0) is 66.6 Å². The normalized spacial score (nSPS) is 11.2. The highest BCUT2D eigenvalue weighted by Crippen LogP contribution is 2.24. The number of benzene rings is 3. The smallest absolute Gasteiger partial charge is 0.261 e. The molecule has 10 heteroatoms. The molecule has 2 N–H and O–H groups in total. The summed E-state index contributed by atoms with van der Waals surface area (Å²) >= 11 is 0. The van der Waals surface area contributed by atoms with Crippen molar-refractivity contribution in [3.8, 4) is 11.5 Å². The fourth-order valence-electron chi connectivity index (χ4n) is 3.09. The predicted molar refractivity (Wildman–Crippen MR) is 120 cm³/mol. The fraction of sp³-hybridized carbons (Fsp3) is 0.0870. The highest BCUT2D eigenvalue weighted by Gasteiger charge is 2.15. The monoisotopic (exact) mass is 466 g/mol. The number of carbonyl (C=O) groups is 1. The number of hydrogen-bond acceptors (Lipinski definition) is 6. The molecule has 33 heavy (non-hydrogen) atoms. The number of sulfonamides is 1. The summed E-state index contributed by atoms with van der Waals surface area (Å²) in [5.74, 6) is -0.405. The van der Waals surface area contributed by atoms with Crippen LogP contribution < -0.4 is 10.0 Å². The lowest BCUT2D eigenvalue weighted by molar-refractivity contribution is -0.115. The van der Waals surface area contributed by atoms with Gasteiger partial charge in [0.15, 0.2) is 0 Å². The first-order chi connectivity index (χ1) is 15.8. The summed E-state index contributed by atoms with van der Waals surface area (Å²) < 4.78 is 45.5. The number of hydrogen-bond donors (Lipinski definition) is 2. The third-order valence-corrected chi connectivity index (χ3v) is 6.21. The molecule has 1 aromatic heterocycles. The summed E-state index contributed by atoms with van der Waals surface area (Å²) in [6.45, 7) is 1.87. The van der Waals surface area contributed by atoms with Crippen LogP contribution >= 0.6 is 0 Å². The molecular formula is C23H19FN4O4S. The van der Waals surface area contributed by atoms with Crippen molar-refractivity contribution in [1.82, 2.24) is 10.2 Å². The van der Waals surface area contributed by atoms with Crippen molar-refractivity contribution in [2.45, 2.75) is 18.2 Å². The van der Waals surface area contributed by atoms with Gasteiger partial charge in [0.25, 0.3) is 10.0 Å². The van der Waals surface area contributed by atoms with E-state index in [1.54, 1.807) is 30.3 Å². The van der Waals surface area contributed by atoms with E-state index in [-0.39, 0.29) is 17.2 Å². The first kappa shape index (κ1) is 22.2. The molecule has 3 aromatic carbocycles. The lowest BCUT2D eigenvalue weighted by Crippen LogP contribution is -2.15. The van der Waals surface area contributed by atoms with Gasteiger partial charge in [0.1, 0.15) is 5.82 Å². The van der Waals surface area contributed by atoms with Crippen LogP contribution in [0.5, 0.6) is 0 Å². The van der Waals surface area contributed by atoms with Crippen molar-refractivity contribution in [2.75, 3.05) is 10.0 Å². The van der Waals surface area contributed by atoms with E-state index in [4.69, 9.17) is 4.42 Å². The maximum absolute atomic E-state index is 13.0. The third kappa shape index (κ3) is 5.42. The zero-order chi connectivity index (χ0) is 23.4. The molecule has 0 spiro atoms. The Kier molecular flexibility index (Phi) is 6.18. The van der Waals surface area contributed by atoms with E-state index < -0.39 is 15.8 Å². The van der Waals surface area contributed by atoms with Crippen molar-refractivity contribution in [1.29, 1.82) is 0 Å². The molecule has 0 bridgehead atoms. The summed E-state index contributed by atoms with van der Waals surface area (Å²) in [5.41, 5.74) is 3.21. The van der Waals surface area contributed by atoms with Crippen molar-refractivity contribution in [2.24, 2.45) is 0 Å². The number of aryl methyl sites for hydroxylation is 1. The second kappa shape index (κ2) is 9.21. The van der Waals surface area contributed by atoms with Gasteiger partial charge in [0, 0.05) is 16.9 Å². The fourth-order valence-corrected chi connectivity index (χ4v) is 4.15. The molecule has 1 heterocycles. The van der Waals surface area contributed by atoms with Crippen molar-refractivity contribution >= 4 is 27.3 Å². The number of carbonyl (C=O) groups excluding carboxylic acids is 1. The third-order valence-electron chi connectivity index (χ3n) is 4.81. The topological polar surface area (TPSA) is 114 Å². The second-order valence-electron chi connectivity index (χ2n) is 7.25. The zero-order valence-corrected chi connectivity index (χ0v) is 18.3. The van der Waals surface area contributed by atoms with Crippen molar-refractivity contribution < 1.29 is 22.0 Å². The summed E-state index contributed by atoms with van der Waals surface area (Å²) in [5, 5.41) is 10.4. The molecule has 0 saturated carbocycles. The molecule has 0 saturated heterocycles. The number of aromatic nitrogens is 2. The number of rotatable bonds is 7. The van der Waals surface area contributed by atoms with Crippen molar-refractivity contribution in [3.63, 3.8) is 0 Å². The van der Waals surface area contributed by atoms with Crippen LogP contribution in [0.3, 0.4) is 0 Å². The highest BCUT2D eigenvalue weighted by molar-refractivity contribution is 7.92. The molecule has 0 radical (unpaired) electrons. The largest absolute Gasteiger partial charge is 0.423 e. The minimum atomic E-state index is -3.85. The number of anilines is 2. The number of nitrogens with zero attached hydrogens (tertiary/aromatic N) is 2. The Hall–Kier alpha value is -4.05. The Bertz CT molecular complexity index is 1370. The van der Waals surface area contributed by atoms with Gasteiger partial charge in [-0.3, -0.25) is 9.52 Å². The molecule has 8 nitrogen and oxygen atoms in total. The first-order valence-electron chi connectivity index (χ1n) is 9.84. The molecule has 0 aliphatic rings. The molecule has 0 fully saturated rings. The van der Waals surface area contributed by atoms with E-state index in [2.05, 4.69) is 20.2 Å². The molecule has 4 rings (SSSR count). The highest BCUT2D eigenvalue weighted by atomic mass is 32.2. The van der Waals surface area contributed by atoms with Crippen LogP contribution in [-0.4, -0.2) is 24.5 Å². The van der Waals surface area contributed by atoms with Gasteiger partial charge in [-0.1, -0.05) is 18.2 Å². The summed E-state index contributed by atoms with van der Waals surface area (Å²) in [7, 11) is -3.85. The molecule has 0 aliphatic carbocycles. The molecule has 4 aromatic rings. The minimum Gasteiger partial charge on any atom is -0.423 e. The van der Waals surface area contributed by atoms with Crippen LogP contribution in [-0.2, 0) is 21.2 Å². The first-order valence-corrected chi connectivity index (χ1v) is 11.3. The number of amides is 1. The lowest BCUT2D eigenvalue weighted by Gasteiger charge is -2.11. The van der Waals surface area contributed by atoms with E-state index in [9.17, 15) is 17.6 Å². The molecular weight excluding hydrogens is 447 g/mol. The molecule has 1 amide bonds. The summed E-state index contributed by atoms with van der Waals surface area (Å²) in [4.78, 5) is 12.5. The van der Waals surface area contributed by atoms with Crippen LogP contribution in [0, 0.1) is 12.7 Å². The maximum atomic E-state index is 13.0. The van der Waals surface area contributed by atoms with Crippen LogP contribution in [0.15, 0.2) is 82.4 Å². The van der Waals surface area contributed by atoms with E-state index >= 15 is 0 Å². The van der Waals surface area contributed by atoms with E-state index in [1.165, 1.54) is 18.5 Å². The van der Waals surface area contributed by atoms with Gasteiger partial charge in [0.2, 0.25) is 18.2 Å². The lowest BCUT2D eigenvalue weighted by atomic mass is 10.1. The average molecular weight is 466 g/mol. The maximum Gasteiger partial charge on any atom is 0.261 e. The van der Waals surface area contributed by atoms with Gasteiger partial charge in [-0.2, -0.15) is 0 Å². The zero-order valence-electron chi connectivity index (χ0n) is 17.4. The van der Waals surface area contributed by atoms with Crippen molar-refractivity contribution in [3.05, 3.63) is 90.1 Å². The molecule has 168 valence electrons. The predicted octanol–water partition coefficient (Wildman–Crippen LogP) is 4.17. The van der Waals surface area contributed by atoms with Gasteiger partial charge in [-0.25, -0.2) is 12.8 Å². The van der Waals surface area contributed by atoms with Gasteiger partial charge < -0.3 is 9.73 Å². The number of halogens is 1. The van der Waals surface area contributed by atoms with E-state index in [0.717, 1.165) is 17.7 Å². The van der Waals surface area contributed by atoms with Gasteiger partial charge >= 0.3 is 0 Å².